The molecule has 0 aromatic heterocycles. The molecule has 0 spiro atoms. The van der Waals surface area contributed by atoms with Gasteiger partial charge in [0.25, 0.3) is 0 Å². The highest BCUT2D eigenvalue weighted by molar-refractivity contribution is 6.30. The van der Waals surface area contributed by atoms with E-state index < -0.39 is 5.41 Å². The van der Waals surface area contributed by atoms with Gasteiger partial charge >= 0.3 is 0 Å². The van der Waals surface area contributed by atoms with Gasteiger partial charge in [-0.25, -0.2) is 0 Å². The molecule has 5 rings (SSSR count). The molecule has 2 aliphatic carbocycles. The quantitative estimate of drug-likeness (QED) is 0.854. The minimum absolute atomic E-state index is 0.218. The van der Waals surface area contributed by atoms with Gasteiger partial charge < -0.3 is 10.6 Å². The lowest BCUT2D eigenvalue weighted by Gasteiger charge is -2.38. The molecule has 2 aromatic carbocycles. The second-order valence-corrected chi connectivity index (χ2v) is 8.05. The molecule has 25 heavy (non-hydrogen) atoms. The van der Waals surface area contributed by atoms with Gasteiger partial charge in [0.2, 0.25) is 5.91 Å². The largest absolute Gasteiger partial charge is 0.342 e. The Balaban J connectivity index is 1.67. The molecular weight excluding hydrogens is 332 g/mol. The maximum absolute atomic E-state index is 13.8. The zero-order chi connectivity index (χ0) is 17.2. The average Bonchev–Trinajstić information content (AvgIpc) is 3.15. The lowest BCUT2D eigenvalue weighted by Crippen LogP contribution is -2.50. The van der Waals surface area contributed by atoms with Gasteiger partial charge in [0.1, 0.15) is 5.41 Å². The summed E-state index contributed by atoms with van der Waals surface area (Å²) in [6.07, 6.45) is 2.61. The molecule has 0 radical (unpaired) electrons. The first-order valence-corrected chi connectivity index (χ1v) is 9.43. The van der Waals surface area contributed by atoms with Crippen molar-refractivity contribution in [2.45, 2.75) is 36.6 Å². The third-order valence-electron chi connectivity index (χ3n) is 6.35. The van der Waals surface area contributed by atoms with Crippen molar-refractivity contribution < 1.29 is 4.79 Å². The Morgan fingerprint density at radius 2 is 1.80 bits per heavy atom. The summed E-state index contributed by atoms with van der Waals surface area (Å²) < 4.78 is 0. The van der Waals surface area contributed by atoms with E-state index in [0.717, 1.165) is 37.9 Å². The van der Waals surface area contributed by atoms with Crippen LogP contribution in [0.2, 0.25) is 5.02 Å². The summed E-state index contributed by atoms with van der Waals surface area (Å²) >= 11 is 6.32. The predicted octanol–water partition coefficient (Wildman–Crippen LogP) is 3.42. The summed E-state index contributed by atoms with van der Waals surface area (Å²) in [6, 6.07) is 14.7. The van der Waals surface area contributed by atoms with Crippen molar-refractivity contribution in [3.8, 4) is 0 Å². The van der Waals surface area contributed by atoms with Gasteiger partial charge in [-0.15, -0.1) is 0 Å². The molecule has 1 fully saturated rings. The van der Waals surface area contributed by atoms with Crippen LogP contribution in [0, 0.1) is 0 Å². The summed E-state index contributed by atoms with van der Waals surface area (Å²) in [6.45, 7) is 1.51. The second kappa shape index (κ2) is 5.33. The summed E-state index contributed by atoms with van der Waals surface area (Å²) in [5.74, 6) is 0.537. The topological polar surface area (TPSA) is 46.3 Å². The Labute approximate surface area is 152 Å². The summed E-state index contributed by atoms with van der Waals surface area (Å²) in [5, 5.41) is 0.705. The number of rotatable bonds is 1. The number of fused-ring (bicyclic) bond motifs is 8. The maximum Gasteiger partial charge on any atom is 0.237 e. The number of carbonyl (C=O) groups is 1. The lowest BCUT2D eigenvalue weighted by molar-refractivity contribution is -0.136. The van der Waals surface area contributed by atoms with Gasteiger partial charge in [-0.2, -0.15) is 0 Å². The number of amides is 1. The summed E-state index contributed by atoms with van der Waals surface area (Å²) in [5.41, 5.74) is 10.3. The first-order chi connectivity index (χ1) is 12.1. The highest BCUT2D eigenvalue weighted by Crippen LogP contribution is 2.61. The monoisotopic (exact) mass is 352 g/mol. The van der Waals surface area contributed by atoms with Crippen LogP contribution < -0.4 is 5.73 Å². The fourth-order valence-corrected chi connectivity index (χ4v) is 5.31. The number of nitrogens with two attached hydrogens (primary N) is 1. The molecule has 2 N–H and O–H groups in total. The van der Waals surface area contributed by atoms with Gasteiger partial charge in [-0.05, 0) is 53.6 Å². The first kappa shape index (κ1) is 15.4. The molecule has 2 bridgehead atoms. The Kier molecular flexibility index (Phi) is 3.28. The van der Waals surface area contributed by atoms with Crippen molar-refractivity contribution in [3.63, 3.8) is 0 Å². The number of hydrogen-bond donors (Lipinski definition) is 1. The number of likely N-dealkylation sites (tertiary alicyclic amines) is 1. The van der Waals surface area contributed by atoms with Crippen LogP contribution >= 0.6 is 11.6 Å². The average molecular weight is 353 g/mol. The standard InChI is InChI=1S/C21H21ClN2O/c22-13-5-6-16-17-12-21(19(16)11-13,18-4-2-1-3-15(17)18)20(25)24-9-7-14(23)8-10-24/h1-6,11,14,17H,7-10,12,23H2/t17-,21-/m1/s1. The van der Waals surface area contributed by atoms with Crippen molar-refractivity contribution in [1.29, 1.82) is 0 Å². The predicted molar refractivity (Wildman–Crippen MR) is 98.9 cm³/mol. The molecular formula is C21H21ClN2O. The van der Waals surface area contributed by atoms with Crippen molar-refractivity contribution in [1.82, 2.24) is 4.90 Å². The molecule has 1 saturated heterocycles. The Morgan fingerprint density at radius 1 is 1.08 bits per heavy atom. The maximum atomic E-state index is 13.8. The van der Waals surface area contributed by atoms with Crippen LogP contribution in [0.4, 0.5) is 0 Å². The van der Waals surface area contributed by atoms with Crippen LogP contribution in [0.5, 0.6) is 0 Å². The number of benzene rings is 2. The normalized spacial score (nSPS) is 27.3. The SMILES string of the molecule is NC1CCN(C(=O)[C@]23C[C@H](c4ccccc42)c2ccc(Cl)cc23)CC1. The van der Waals surface area contributed by atoms with Crippen LogP contribution in [0.1, 0.15) is 47.4 Å². The third-order valence-corrected chi connectivity index (χ3v) is 6.58. The number of nitrogens with zero attached hydrogens (tertiary/aromatic N) is 1. The highest BCUT2D eigenvalue weighted by Gasteiger charge is 2.58. The number of halogens is 1. The van der Waals surface area contributed by atoms with Gasteiger partial charge in [-0.1, -0.05) is 41.9 Å². The zero-order valence-electron chi connectivity index (χ0n) is 14.0. The van der Waals surface area contributed by atoms with Crippen LogP contribution in [0.15, 0.2) is 42.5 Å². The molecule has 3 nitrogen and oxygen atoms in total. The Hall–Kier alpha value is -1.84. The van der Waals surface area contributed by atoms with Gasteiger partial charge in [0.15, 0.2) is 0 Å². The van der Waals surface area contributed by atoms with E-state index in [1.54, 1.807) is 0 Å². The molecule has 3 aliphatic rings. The molecule has 0 unspecified atom stereocenters. The number of hydrogen-bond acceptors (Lipinski definition) is 2. The van der Waals surface area contributed by atoms with Crippen LogP contribution in [0.3, 0.4) is 0 Å². The van der Waals surface area contributed by atoms with Crippen molar-refractivity contribution >= 4 is 17.5 Å². The van der Waals surface area contributed by atoms with Crippen LogP contribution in [-0.2, 0) is 10.2 Å². The number of carbonyl (C=O) groups excluding carboxylic acids is 1. The van der Waals surface area contributed by atoms with Gasteiger partial charge in [0.05, 0.1) is 0 Å². The van der Waals surface area contributed by atoms with E-state index in [4.69, 9.17) is 17.3 Å². The smallest absolute Gasteiger partial charge is 0.237 e. The molecule has 2 aromatic rings. The minimum atomic E-state index is -0.567. The molecule has 128 valence electrons. The van der Waals surface area contributed by atoms with E-state index in [0.29, 0.717) is 10.9 Å². The van der Waals surface area contributed by atoms with E-state index in [-0.39, 0.29) is 11.9 Å². The van der Waals surface area contributed by atoms with Crippen LogP contribution in [-0.4, -0.2) is 29.9 Å². The molecule has 2 atom stereocenters. The molecule has 1 amide bonds. The zero-order valence-corrected chi connectivity index (χ0v) is 14.8. The summed E-state index contributed by atoms with van der Waals surface area (Å²) in [7, 11) is 0. The number of piperidine rings is 1. The van der Waals surface area contributed by atoms with Gasteiger partial charge in [-0.3, -0.25) is 4.79 Å². The fraction of sp³-hybridized carbons (Fsp3) is 0.381. The molecule has 0 saturated carbocycles. The van der Waals surface area contributed by atoms with E-state index in [1.807, 2.05) is 23.1 Å². The van der Waals surface area contributed by atoms with Crippen molar-refractivity contribution in [3.05, 3.63) is 69.7 Å². The fourth-order valence-electron chi connectivity index (χ4n) is 5.14. The van der Waals surface area contributed by atoms with E-state index in [2.05, 4.69) is 24.3 Å². The van der Waals surface area contributed by atoms with Crippen molar-refractivity contribution in [2.24, 2.45) is 5.73 Å². The first-order valence-electron chi connectivity index (χ1n) is 9.05. The minimum Gasteiger partial charge on any atom is -0.342 e. The lowest BCUT2D eigenvalue weighted by atomic mass is 9.74. The van der Waals surface area contributed by atoms with E-state index in [1.165, 1.54) is 16.7 Å². The van der Waals surface area contributed by atoms with Crippen LogP contribution in [0.25, 0.3) is 0 Å². The molecule has 1 heterocycles. The van der Waals surface area contributed by atoms with E-state index in [9.17, 15) is 4.79 Å². The second-order valence-electron chi connectivity index (χ2n) is 7.61. The molecule has 4 heteroatoms. The summed E-state index contributed by atoms with van der Waals surface area (Å²) in [4.78, 5) is 15.8. The highest BCUT2D eigenvalue weighted by atomic mass is 35.5. The Morgan fingerprint density at radius 3 is 2.60 bits per heavy atom. The van der Waals surface area contributed by atoms with E-state index >= 15 is 0 Å². The van der Waals surface area contributed by atoms with Gasteiger partial charge in [0, 0.05) is 30.1 Å². The van der Waals surface area contributed by atoms with Crippen molar-refractivity contribution in [2.75, 3.05) is 13.1 Å². The third kappa shape index (κ3) is 2.00. The molecule has 1 aliphatic heterocycles. The Bertz CT molecular complexity index is 872.